The maximum absolute atomic E-state index is 9.41. The summed E-state index contributed by atoms with van der Waals surface area (Å²) in [6.45, 7) is 6.45. The van der Waals surface area contributed by atoms with E-state index in [0.29, 0.717) is 24.0 Å². The minimum absolute atomic E-state index is 0.299. The first-order chi connectivity index (χ1) is 12.7. The number of benzene rings is 2. The highest BCUT2D eigenvalue weighted by molar-refractivity contribution is 5.58. The summed E-state index contributed by atoms with van der Waals surface area (Å²) < 4.78 is 5.46. The number of aromatic nitrogens is 2. The van der Waals surface area contributed by atoms with Crippen LogP contribution in [-0.2, 0) is 6.54 Å². The van der Waals surface area contributed by atoms with Crippen molar-refractivity contribution in [1.82, 2.24) is 15.0 Å². The molecule has 1 aliphatic heterocycles. The normalized spacial score (nSPS) is 15.3. The van der Waals surface area contributed by atoms with Crippen LogP contribution in [0.3, 0.4) is 0 Å². The Kier molecular flexibility index (Phi) is 4.58. The minimum atomic E-state index is 0.299. The number of nitrogens with zero attached hydrogens (tertiary/aromatic N) is 4. The predicted molar refractivity (Wildman–Crippen MR) is 100 cm³/mol. The molecule has 1 aliphatic rings. The third-order valence-electron chi connectivity index (χ3n) is 4.80. The van der Waals surface area contributed by atoms with Crippen LogP contribution in [0.5, 0.6) is 5.75 Å². The van der Waals surface area contributed by atoms with Crippen molar-refractivity contribution in [1.29, 1.82) is 0 Å². The summed E-state index contributed by atoms with van der Waals surface area (Å²) in [4.78, 5) is 9.21. The van der Waals surface area contributed by atoms with Crippen LogP contribution in [0.15, 0.2) is 53.1 Å². The van der Waals surface area contributed by atoms with Gasteiger partial charge in [0.1, 0.15) is 5.75 Å². The van der Waals surface area contributed by atoms with Crippen molar-refractivity contribution in [3.8, 4) is 17.1 Å². The van der Waals surface area contributed by atoms with Crippen molar-refractivity contribution in [2.24, 2.45) is 0 Å². The number of phenolic OH excluding ortho intramolecular Hbond substituents is 1. The van der Waals surface area contributed by atoms with Crippen LogP contribution in [0.25, 0.3) is 11.4 Å². The lowest BCUT2D eigenvalue weighted by Crippen LogP contribution is -2.46. The number of anilines is 1. The number of phenols is 1. The summed E-state index contributed by atoms with van der Waals surface area (Å²) in [5.41, 5.74) is 3.30. The van der Waals surface area contributed by atoms with Gasteiger partial charge in [0, 0.05) is 37.4 Å². The molecule has 3 aromatic rings. The number of aromatic hydroxyl groups is 1. The average molecular weight is 350 g/mol. The highest BCUT2D eigenvalue weighted by Crippen LogP contribution is 2.22. The number of hydrogen-bond acceptors (Lipinski definition) is 6. The molecule has 0 amide bonds. The summed E-state index contributed by atoms with van der Waals surface area (Å²) in [6, 6.07) is 15.4. The lowest BCUT2D eigenvalue weighted by molar-refractivity contribution is 0.215. The van der Waals surface area contributed by atoms with Gasteiger partial charge in [-0.1, -0.05) is 29.4 Å². The van der Waals surface area contributed by atoms with E-state index in [1.54, 1.807) is 12.1 Å². The molecular weight excluding hydrogens is 328 g/mol. The van der Waals surface area contributed by atoms with Crippen molar-refractivity contribution in [3.05, 3.63) is 60.0 Å². The van der Waals surface area contributed by atoms with E-state index >= 15 is 0 Å². The quantitative estimate of drug-likeness (QED) is 0.780. The van der Waals surface area contributed by atoms with Gasteiger partial charge in [0.2, 0.25) is 11.7 Å². The Hall–Kier alpha value is -2.86. The van der Waals surface area contributed by atoms with E-state index in [1.807, 2.05) is 43.3 Å². The Morgan fingerprint density at radius 3 is 2.46 bits per heavy atom. The number of hydrogen-bond donors (Lipinski definition) is 1. The molecule has 1 saturated heterocycles. The largest absolute Gasteiger partial charge is 0.508 e. The fourth-order valence-electron chi connectivity index (χ4n) is 3.27. The fraction of sp³-hybridized carbons (Fsp3) is 0.300. The van der Waals surface area contributed by atoms with E-state index in [2.05, 4.69) is 19.9 Å². The zero-order chi connectivity index (χ0) is 17.9. The molecule has 1 aromatic heterocycles. The summed E-state index contributed by atoms with van der Waals surface area (Å²) in [7, 11) is 0. The third-order valence-corrected chi connectivity index (χ3v) is 4.80. The highest BCUT2D eigenvalue weighted by atomic mass is 16.5. The molecule has 0 aliphatic carbocycles. The van der Waals surface area contributed by atoms with Gasteiger partial charge in [-0.25, -0.2) is 0 Å². The molecule has 26 heavy (non-hydrogen) atoms. The van der Waals surface area contributed by atoms with Gasteiger partial charge >= 0.3 is 0 Å². The lowest BCUT2D eigenvalue weighted by Gasteiger charge is -2.35. The molecule has 6 nitrogen and oxygen atoms in total. The highest BCUT2D eigenvalue weighted by Gasteiger charge is 2.20. The zero-order valence-corrected chi connectivity index (χ0v) is 14.8. The lowest BCUT2D eigenvalue weighted by atomic mass is 10.1. The van der Waals surface area contributed by atoms with Crippen molar-refractivity contribution in [2.75, 3.05) is 31.1 Å². The van der Waals surface area contributed by atoms with Gasteiger partial charge in [-0.15, -0.1) is 0 Å². The topological polar surface area (TPSA) is 65.6 Å². The maximum Gasteiger partial charge on any atom is 0.241 e. The smallest absolute Gasteiger partial charge is 0.241 e. The van der Waals surface area contributed by atoms with Crippen LogP contribution in [0.4, 0.5) is 5.69 Å². The van der Waals surface area contributed by atoms with E-state index < -0.39 is 0 Å². The Morgan fingerprint density at radius 1 is 1.00 bits per heavy atom. The summed E-state index contributed by atoms with van der Waals surface area (Å²) in [5, 5.41) is 13.5. The third kappa shape index (κ3) is 3.55. The fourth-order valence-corrected chi connectivity index (χ4v) is 3.27. The monoisotopic (exact) mass is 350 g/mol. The van der Waals surface area contributed by atoms with Crippen LogP contribution in [-0.4, -0.2) is 46.3 Å². The van der Waals surface area contributed by atoms with E-state index in [9.17, 15) is 5.11 Å². The van der Waals surface area contributed by atoms with Gasteiger partial charge < -0.3 is 14.5 Å². The first-order valence-corrected chi connectivity index (χ1v) is 8.84. The standard InChI is InChI=1S/C20H22N4O2/c1-15-4-2-3-5-18(15)20-21-19(26-22-20)14-23-10-12-24(13-11-23)16-6-8-17(25)9-7-16/h2-9,25H,10-14H2,1H3. The second-order valence-electron chi connectivity index (χ2n) is 6.61. The van der Waals surface area contributed by atoms with Crippen molar-refractivity contribution < 1.29 is 9.63 Å². The summed E-state index contributed by atoms with van der Waals surface area (Å²) >= 11 is 0. The predicted octanol–water partition coefficient (Wildman–Crippen LogP) is 3.07. The van der Waals surface area contributed by atoms with Gasteiger partial charge in [0.15, 0.2) is 0 Å². The first kappa shape index (κ1) is 16.6. The number of aryl methyl sites for hydroxylation is 1. The second-order valence-corrected chi connectivity index (χ2v) is 6.61. The molecule has 6 heteroatoms. The van der Waals surface area contributed by atoms with E-state index in [0.717, 1.165) is 43.0 Å². The van der Waals surface area contributed by atoms with Gasteiger partial charge in [-0.3, -0.25) is 4.90 Å². The Labute approximate surface area is 152 Å². The molecule has 0 spiro atoms. The molecule has 4 rings (SSSR count). The second kappa shape index (κ2) is 7.17. The molecule has 0 atom stereocenters. The van der Waals surface area contributed by atoms with Gasteiger partial charge in [-0.05, 0) is 36.8 Å². The first-order valence-electron chi connectivity index (χ1n) is 8.84. The maximum atomic E-state index is 9.41. The molecule has 2 aromatic carbocycles. The molecule has 0 bridgehead atoms. The van der Waals surface area contributed by atoms with E-state index in [-0.39, 0.29) is 0 Å². The Morgan fingerprint density at radius 2 is 1.73 bits per heavy atom. The minimum Gasteiger partial charge on any atom is -0.508 e. The number of rotatable bonds is 4. The van der Waals surface area contributed by atoms with Crippen molar-refractivity contribution >= 4 is 5.69 Å². The van der Waals surface area contributed by atoms with Crippen molar-refractivity contribution in [2.45, 2.75) is 13.5 Å². The molecule has 2 heterocycles. The zero-order valence-electron chi connectivity index (χ0n) is 14.8. The summed E-state index contributed by atoms with van der Waals surface area (Å²) in [6.07, 6.45) is 0. The average Bonchev–Trinajstić information content (AvgIpc) is 3.12. The van der Waals surface area contributed by atoms with Gasteiger partial charge in [0.05, 0.1) is 6.54 Å². The van der Waals surface area contributed by atoms with Crippen LogP contribution in [0.2, 0.25) is 0 Å². The van der Waals surface area contributed by atoms with Crippen molar-refractivity contribution in [3.63, 3.8) is 0 Å². The molecule has 0 saturated carbocycles. The van der Waals surface area contributed by atoms with Crippen LogP contribution >= 0.6 is 0 Å². The Balaban J connectivity index is 1.36. The van der Waals surface area contributed by atoms with Crippen LogP contribution in [0, 0.1) is 6.92 Å². The van der Waals surface area contributed by atoms with Crippen LogP contribution in [0.1, 0.15) is 11.5 Å². The van der Waals surface area contributed by atoms with Gasteiger partial charge in [-0.2, -0.15) is 4.98 Å². The van der Waals surface area contributed by atoms with E-state index in [4.69, 9.17) is 4.52 Å². The SMILES string of the molecule is Cc1ccccc1-c1noc(CN2CCN(c3ccc(O)cc3)CC2)n1. The summed E-state index contributed by atoms with van der Waals surface area (Å²) in [5.74, 6) is 1.61. The molecule has 0 radical (unpaired) electrons. The molecular formula is C20H22N4O2. The van der Waals surface area contributed by atoms with Crippen LogP contribution < -0.4 is 4.90 Å². The van der Waals surface area contributed by atoms with Gasteiger partial charge in [0.25, 0.3) is 0 Å². The molecule has 134 valence electrons. The Bertz CT molecular complexity index is 868. The number of piperazine rings is 1. The van der Waals surface area contributed by atoms with E-state index in [1.165, 1.54) is 0 Å². The molecule has 1 fully saturated rings. The molecule has 0 unspecified atom stereocenters. The molecule has 1 N–H and O–H groups in total.